The van der Waals surface area contributed by atoms with Gasteiger partial charge in [0.2, 0.25) is 0 Å². The minimum atomic E-state index is 0.798. The van der Waals surface area contributed by atoms with Gasteiger partial charge in [0, 0.05) is 16.5 Å². The third kappa shape index (κ3) is 1.16. The minimum absolute atomic E-state index is 0.798. The summed E-state index contributed by atoms with van der Waals surface area (Å²) >= 11 is 3.45. The van der Waals surface area contributed by atoms with Gasteiger partial charge in [0.25, 0.3) is 0 Å². The molecule has 0 bridgehead atoms. The SMILES string of the molecule is C=Cc1cc(Br)cc2c1OCC2. The smallest absolute Gasteiger partial charge is 0.129 e. The van der Waals surface area contributed by atoms with Gasteiger partial charge < -0.3 is 4.74 Å². The van der Waals surface area contributed by atoms with Crippen molar-refractivity contribution in [3.63, 3.8) is 0 Å². The van der Waals surface area contributed by atoms with Crippen molar-refractivity contribution in [2.45, 2.75) is 6.42 Å². The van der Waals surface area contributed by atoms with Crippen molar-refractivity contribution in [1.29, 1.82) is 0 Å². The zero-order chi connectivity index (χ0) is 8.55. The van der Waals surface area contributed by atoms with E-state index in [0.717, 1.165) is 28.8 Å². The van der Waals surface area contributed by atoms with Crippen LogP contribution in [0.2, 0.25) is 0 Å². The fraction of sp³-hybridized carbons (Fsp3) is 0.200. The molecule has 1 nitrogen and oxygen atoms in total. The number of ether oxygens (including phenoxy) is 1. The molecule has 0 amide bonds. The summed E-state index contributed by atoms with van der Waals surface area (Å²) in [7, 11) is 0. The van der Waals surface area contributed by atoms with Crippen LogP contribution >= 0.6 is 15.9 Å². The average Bonchev–Trinajstić information content (AvgIpc) is 2.50. The van der Waals surface area contributed by atoms with Gasteiger partial charge in [0.1, 0.15) is 5.75 Å². The second-order valence-corrected chi connectivity index (χ2v) is 3.70. The number of benzene rings is 1. The highest BCUT2D eigenvalue weighted by molar-refractivity contribution is 9.10. The Balaban J connectivity index is 2.62. The Morgan fingerprint density at radius 3 is 3.08 bits per heavy atom. The van der Waals surface area contributed by atoms with Crippen LogP contribution in [-0.2, 0) is 6.42 Å². The van der Waals surface area contributed by atoms with Crippen LogP contribution in [0.25, 0.3) is 6.08 Å². The number of hydrogen-bond acceptors (Lipinski definition) is 1. The number of fused-ring (bicyclic) bond motifs is 1. The normalized spacial score (nSPS) is 13.8. The van der Waals surface area contributed by atoms with Gasteiger partial charge in [-0.3, -0.25) is 0 Å². The molecule has 1 aliphatic heterocycles. The summed E-state index contributed by atoms with van der Waals surface area (Å²) in [6.45, 7) is 4.55. The summed E-state index contributed by atoms with van der Waals surface area (Å²) in [6.07, 6.45) is 2.84. The molecule has 1 aromatic carbocycles. The average molecular weight is 225 g/mol. The molecule has 0 aromatic heterocycles. The molecule has 1 aromatic rings. The zero-order valence-corrected chi connectivity index (χ0v) is 8.23. The summed E-state index contributed by atoms with van der Waals surface area (Å²) in [5.74, 6) is 1.01. The predicted octanol–water partition coefficient (Wildman–Crippen LogP) is 3.03. The van der Waals surface area contributed by atoms with Gasteiger partial charge in [-0.25, -0.2) is 0 Å². The van der Waals surface area contributed by atoms with Gasteiger partial charge in [0.15, 0.2) is 0 Å². The molecule has 2 rings (SSSR count). The molecule has 0 fully saturated rings. The number of rotatable bonds is 1. The van der Waals surface area contributed by atoms with E-state index in [4.69, 9.17) is 4.74 Å². The molecule has 0 unspecified atom stereocenters. The van der Waals surface area contributed by atoms with Crippen LogP contribution in [0.1, 0.15) is 11.1 Å². The third-order valence-electron chi connectivity index (χ3n) is 2.00. The molecular weight excluding hydrogens is 216 g/mol. The molecule has 1 heterocycles. The molecule has 0 saturated heterocycles. The van der Waals surface area contributed by atoms with Crippen molar-refractivity contribution in [2.75, 3.05) is 6.61 Å². The summed E-state index contributed by atoms with van der Waals surface area (Å²) in [6, 6.07) is 4.13. The van der Waals surface area contributed by atoms with E-state index in [9.17, 15) is 0 Å². The quantitative estimate of drug-likeness (QED) is 0.713. The highest BCUT2D eigenvalue weighted by Crippen LogP contribution is 2.33. The molecule has 0 aliphatic carbocycles. The van der Waals surface area contributed by atoms with Gasteiger partial charge in [-0.05, 0) is 17.7 Å². The van der Waals surface area contributed by atoms with Crippen LogP contribution in [-0.4, -0.2) is 6.61 Å². The van der Waals surface area contributed by atoms with Crippen molar-refractivity contribution in [3.8, 4) is 5.75 Å². The molecule has 62 valence electrons. The topological polar surface area (TPSA) is 9.23 Å². The van der Waals surface area contributed by atoms with Crippen molar-refractivity contribution < 1.29 is 4.74 Å². The molecule has 0 radical (unpaired) electrons. The first-order valence-corrected chi connectivity index (χ1v) is 4.68. The fourth-order valence-corrected chi connectivity index (χ4v) is 1.97. The third-order valence-corrected chi connectivity index (χ3v) is 2.45. The Bertz CT molecular complexity index is 331. The van der Waals surface area contributed by atoms with E-state index in [1.54, 1.807) is 0 Å². The molecular formula is C10H9BrO. The molecule has 0 N–H and O–H groups in total. The Morgan fingerprint density at radius 2 is 2.33 bits per heavy atom. The monoisotopic (exact) mass is 224 g/mol. The van der Waals surface area contributed by atoms with Crippen molar-refractivity contribution in [1.82, 2.24) is 0 Å². The summed E-state index contributed by atoms with van der Waals surface area (Å²) in [5, 5.41) is 0. The molecule has 0 spiro atoms. The minimum Gasteiger partial charge on any atom is -0.492 e. The van der Waals surface area contributed by atoms with Crippen LogP contribution < -0.4 is 4.74 Å². The van der Waals surface area contributed by atoms with Crippen molar-refractivity contribution in [3.05, 3.63) is 34.3 Å². The second kappa shape index (κ2) is 2.94. The maximum absolute atomic E-state index is 5.48. The largest absolute Gasteiger partial charge is 0.492 e. The van der Waals surface area contributed by atoms with Crippen LogP contribution in [0.3, 0.4) is 0 Å². The lowest BCUT2D eigenvalue weighted by molar-refractivity contribution is 0.356. The number of hydrogen-bond donors (Lipinski definition) is 0. The summed E-state index contributed by atoms with van der Waals surface area (Å²) < 4.78 is 6.58. The lowest BCUT2D eigenvalue weighted by atomic mass is 10.1. The molecule has 12 heavy (non-hydrogen) atoms. The Morgan fingerprint density at radius 1 is 1.50 bits per heavy atom. The van der Waals surface area contributed by atoms with Crippen LogP contribution in [0.4, 0.5) is 0 Å². The van der Waals surface area contributed by atoms with Gasteiger partial charge in [-0.1, -0.05) is 28.6 Å². The van der Waals surface area contributed by atoms with Crippen molar-refractivity contribution in [2.24, 2.45) is 0 Å². The Labute approximate surface area is 80.2 Å². The van der Waals surface area contributed by atoms with Crippen LogP contribution in [0.5, 0.6) is 5.75 Å². The van der Waals surface area contributed by atoms with E-state index < -0.39 is 0 Å². The van der Waals surface area contributed by atoms with E-state index in [1.807, 2.05) is 12.1 Å². The maximum Gasteiger partial charge on any atom is 0.129 e. The van der Waals surface area contributed by atoms with Crippen LogP contribution in [0.15, 0.2) is 23.2 Å². The first-order valence-electron chi connectivity index (χ1n) is 3.89. The second-order valence-electron chi connectivity index (χ2n) is 2.79. The highest BCUT2D eigenvalue weighted by Gasteiger charge is 2.15. The first kappa shape index (κ1) is 7.87. The van der Waals surface area contributed by atoms with E-state index >= 15 is 0 Å². The highest BCUT2D eigenvalue weighted by atomic mass is 79.9. The van der Waals surface area contributed by atoms with Gasteiger partial charge in [0.05, 0.1) is 6.61 Å². The zero-order valence-electron chi connectivity index (χ0n) is 6.64. The van der Waals surface area contributed by atoms with E-state index in [-0.39, 0.29) is 0 Å². The Kier molecular flexibility index (Phi) is 1.93. The Hall–Kier alpha value is -0.760. The lowest BCUT2D eigenvalue weighted by Crippen LogP contribution is -1.87. The summed E-state index contributed by atoms with van der Waals surface area (Å²) in [4.78, 5) is 0. The van der Waals surface area contributed by atoms with Gasteiger partial charge in [-0.15, -0.1) is 0 Å². The molecule has 2 heteroatoms. The van der Waals surface area contributed by atoms with Crippen molar-refractivity contribution >= 4 is 22.0 Å². The van der Waals surface area contributed by atoms with E-state index in [2.05, 4.69) is 28.6 Å². The number of halogens is 1. The summed E-state index contributed by atoms with van der Waals surface area (Å²) in [5.41, 5.74) is 2.36. The van der Waals surface area contributed by atoms with Gasteiger partial charge >= 0.3 is 0 Å². The van der Waals surface area contributed by atoms with E-state index in [1.165, 1.54) is 5.56 Å². The molecule has 1 aliphatic rings. The van der Waals surface area contributed by atoms with E-state index in [0.29, 0.717) is 0 Å². The lowest BCUT2D eigenvalue weighted by Gasteiger charge is -2.03. The first-order chi connectivity index (χ1) is 5.81. The predicted molar refractivity (Wildman–Crippen MR) is 53.4 cm³/mol. The molecule has 0 atom stereocenters. The van der Waals surface area contributed by atoms with Gasteiger partial charge in [-0.2, -0.15) is 0 Å². The molecule has 0 saturated carbocycles. The maximum atomic E-state index is 5.48. The standard InChI is InChI=1S/C10H9BrO/c1-2-7-5-9(11)6-8-3-4-12-10(7)8/h2,5-6H,1,3-4H2. The van der Waals surface area contributed by atoms with Crippen LogP contribution in [0, 0.1) is 0 Å². The fourth-order valence-electron chi connectivity index (χ4n) is 1.45.